The zero-order valence-electron chi connectivity index (χ0n) is 12.0. The summed E-state index contributed by atoms with van der Waals surface area (Å²) in [6.45, 7) is 4.20. The number of aromatic amines is 1. The Morgan fingerprint density at radius 1 is 1.33 bits per heavy atom. The van der Waals surface area contributed by atoms with Crippen molar-refractivity contribution in [3.8, 4) is 17.0 Å². The fourth-order valence-electron chi connectivity index (χ4n) is 2.26. The number of aliphatic hydroxyl groups excluding tert-OH is 1. The van der Waals surface area contributed by atoms with E-state index in [1.807, 2.05) is 37.3 Å². The first kappa shape index (κ1) is 13.6. The van der Waals surface area contributed by atoms with Crippen LogP contribution in [0.15, 0.2) is 36.5 Å². The van der Waals surface area contributed by atoms with Crippen molar-refractivity contribution in [3.05, 3.63) is 42.4 Å². The number of aliphatic hydroxyl groups is 1. The number of imidazole rings is 1. The van der Waals surface area contributed by atoms with Gasteiger partial charge in [-0.25, -0.2) is 9.97 Å². The van der Waals surface area contributed by atoms with Gasteiger partial charge in [0.05, 0.1) is 17.6 Å². The molecular formula is C16H17N3O2. The van der Waals surface area contributed by atoms with Crippen LogP contribution in [0.4, 0.5) is 0 Å². The summed E-state index contributed by atoms with van der Waals surface area (Å²) >= 11 is 0. The molecule has 0 aliphatic rings. The van der Waals surface area contributed by atoms with Crippen LogP contribution in [0, 0.1) is 0 Å². The average molecular weight is 283 g/mol. The van der Waals surface area contributed by atoms with Crippen molar-refractivity contribution < 1.29 is 9.84 Å². The number of hydrogen-bond acceptors (Lipinski definition) is 4. The van der Waals surface area contributed by atoms with Crippen LogP contribution in [0.3, 0.4) is 0 Å². The number of aromatic nitrogens is 3. The molecule has 3 aromatic rings. The summed E-state index contributed by atoms with van der Waals surface area (Å²) in [4.78, 5) is 11.8. The summed E-state index contributed by atoms with van der Waals surface area (Å²) in [5.41, 5.74) is 3.65. The molecule has 0 saturated carbocycles. The first-order valence-corrected chi connectivity index (χ1v) is 6.95. The van der Waals surface area contributed by atoms with Gasteiger partial charge in [-0.1, -0.05) is 6.07 Å². The highest BCUT2D eigenvalue weighted by atomic mass is 16.5. The number of nitrogens with one attached hydrogen (secondary N) is 1. The highest BCUT2D eigenvalue weighted by Gasteiger charge is 2.11. The van der Waals surface area contributed by atoms with E-state index in [0.717, 1.165) is 22.2 Å². The van der Waals surface area contributed by atoms with E-state index in [9.17, 15) is 5.11 Å². The lowest BCUT2D eigenvalue weighted by atomic mass is 10.1. The van der Waals surface area contributed by atoms with Crippen LogP contribution >= 0.6 is 0 Å². The van der Waals surface area contributed by atoms with Crippen molar-refractivity contribution in [2.75, 3.05) is 6.61 Å². The Balaban J connectivity index is 2.08. The van der Waals surface area contributed by atoms with Crippen molar-refractivity contribution in [1.82, 2.24) is 15.0 Å². The number of H-pyrrole nitrogens is 1. The van der Waals surface area contributed by atoms with Crippen molar-refractivity contribution in [3.63, 3.8) is 0 Å². The quantitative estimate of drug-likeness (QED) is 0.772. The number of benzene rings is 1. The molecule has 0 saturated heterocycles. The molecule has 0 aliphatic carbocycles. The molecule has 3 rings (SSSR count). The molecule has 2 N–H and O–H groups in total. The predicted octanol–water partition coefficient (Wildman–Crippen LogP) is 3.08. The molecule has 1 atom stereocenters. The van der Waals surface area contributed by atoms with Crippen molar-refractivity contribution in [1.29, 1.82) is 0 Å². The van der Waals surface area contributed by atoms with Crippen LogP contribution in [0.2, 0.25) is 0 Å². The molecule has 2 aromatic heterocycles. The normalized spacial score (nSPS) is 12.5. The lowest BCUT2D eigenvalue weighted by Gasteiger charge is -2.08. The van der Waals surface area contributed by atoms with E-state index < -0.39 is 6.10 Å². The van der Waals surface area contributed by atoms with E-state index in [2.05, 4.69) is 15.0 Å². The highest BCUT2D eigenvalue weighted by Crippen LogP contribution is 2.30. The summed E-state index contributed by atoms with van der Waals surface area (Å²) in [5, 5.41) is 9.60. The van der Waals surface area contributed by atoms with Gasteiger partial charge < -0.3 is 14.8 Å². The molecule has 0 radical (unpaired) electrons. The number of fused-ring (bicyclic) bond motifs is 1. The van der Waals surface area contributed by atoms with Crippen LogP contribution in [-0.4, -0.2) is 26.7 Å². The smallest absolute Gasteiger partial charge is 0.221 e. The monoisotopic (exact) mass is 283 g/mol. The van der Waals surface area contributed by atoms with Crippen LogP contribution < -0.4 is 4.74 Å². The largest absolute Gasteiger partial charge is 0.478 e. The van der Waals surface area contributed by atoms with E-state index in [-0.39, 0.29) is 0 Å². The molecule has 1 aromatic carbocycles. The second-order valence-corrected chi connectivity index (χ2v) is 4.82. The van der Waals surface area contributed by atoms with Gasteiger partial charge in [-0.15, -0.1) is 0 Å². The molecular weight excluding hydrogens is 266 g/mol. The summed E-state index contributed by atoms with van der Waals surface area (Å²) < 4.78 is 5.57. The van der Waals surface area contributed by atoms with E-state index in [1.54, 1.807) is 13.1 Å². The SMILES string of the molecule is CCOc1ncccc1-c1ccc2nc([C@@H](C)O)[nH]c2c1. The zero-order chi connectivity index (χ0) is 14.8. The van der Waals surface area contributed by atoms with E-state index >= 15 is 0 Å². The van der Waals surface area contributed by atoms with E-state index in [0.29, 0.717) is 18.3 Å². The Morgan fingerprint density at radius 3 is 2.95 bits per heavy atom. The lowest BCUT2D eigenvalue weighted by molar-refractivity contribution is 0.190. The van der Waals surface area contributed by atoms with Crippen LogP contribution in [0.5, 0.6) is 5.88 Å². The molecule has 0 bridgehead atoms. The summed E-state index contributed by atoms with van der Waals surface area (Å²) in [6.07, 6.45) is 1.10. The standard InChI is InChI=1S/C16H17N3O2/c1-3-21-16-12(5-4-8-17-16)11-6-7-13-14(9-11)19-15(18-13)10(2)20/h4-10,20H,3H2,1-2H3,(H,18,19)/t10-/m1/s1. The van der Waals surface area contributed by atoms with Gasteiger partial charge in [0.15, 0.2) is 0 Å². The Kier molecular flexibility index (Phi) is 3.58. The maximum Gasteiger partial charge on any atom is 0.221 e. The Morgan fingerprint density at radius 2 is 2.19 bits per heavy atom. The molecule has 108 valence electrons. The number of ether oxygens (including phenoxy) is 1. The summed E-state index contributed by atoms with van der Waals surface area (Å²) in [5.74, 6) is 1.19. The minimum absolute atomic E-state index is 0.568. The second-order valence-electron chi connectivity index (χ2n) is 4.82. The Hall–Kier alpha value is -2.40. The third-order valence-electron chi connectivity index (χ3n) is 3.26. The second kappa shape index (κ2) is 5.54. The topological polar surface area (TPSA) is 71.0 Å². The van der Waals surface area contributed by atoms with Crippen molar-refractivity contribution in [2.24, 2.45) is 0 Å². The summed E-state index contributed by atoms with van der Waals surface area (Å²) in [7, 11) is 0. The Bertz CT molecular complexity index is 765. The first-order chi connectivity index (χ1) is 10.2. The number of pyridine rings is 1. The molecule has 0 spiro atoms. The minimum atomic E-state index is -0.613. The summed E-state index contributed by atoms with van der Waals surface area (Å²) in [6, 6.07) is 9.76. The van der Waals surface area contributed by atoms with Gasteiger partial charge in [0.1, 0.15) is 11.9 Å². The van der Waals surface area contributed by atoms with Crippen LogP contribution in [0.1, 0.15) is 25.8 Å². The fraction of sp³-hybridized carbons (Fsp3) is 0.250. The van der Waals surface area contributed by atoms with Gasteiger partial charge in [0.25, 0.3) is 0 Å². The highest BCUT2D eigenvalue weighted by molar-refractivity contribution is 5.83. The fourth-order valence-corrected chi connectivity index (χ4v) is 2.26. The lowest BCUT2D eigenvalue weighted by Crippen LogP contribution is -1.96. The Labute approximate surface area is 122 Å². The van der Waals surface area contributed by atoms with E-state index in [1.165, 1.54) is 0 Å². The third kappa shape index (κ3) is 2.60. The predicted molar refractivity (Wildman–Crippen MR) is 81.1 cm³/mol. The van der Waals surface area contributed by atoms with Crippen molar-refractivity contribution >= 4 is 11.0 Å². The molecule has 5 heteroatoms. The van der Waals surface area contributed by atoms with Gasteiger partial charge in [-0.05, 0) is 43.7 Å². The van der Waals surface area contributed by atoms with Crippen LogP contribution in [0.25, 0.3) is 22.2 Å². The molecule has 5 nitrogen and oxygen atoms in total. The minimum Gasteiger partial charge on any atom is -0.478 e. The van der Waals surface area contributed by atoms with Crippen LogP contribution in [-0.2, 0) is 0 Å². The first-order valence-electron chi connectivity index (χ1n) is 6.95. The molecule has 0 aliphatic heterocycles. The zero-order valence-corrected chi connectivity index (χ0v) is 12.0. The van der Waals surface area contributed by atoms with Gasteiger partial charge >= 0.3 is 0 Å². The van der Waals surface area contributed by atoms with E-state index in [4.69, 9.17) is 4.74 Å². The van der Waals surface area contributed by atoms with Gasteiger partial charge in [0, 0.05) is 11.8 Å². The van der Waals surface area contributed by atoms with Gasteiger partial charge in [-0.2, -0.15) is 0 Å². The molecule has 0 fully saturated rings. The molecule has 2 heterocycles. The van der Waals surface area contributed by atoms with Gasteiger partial charge in [0.2, 0.25) is 5.88 Å². The number of rotatable bonds is 4. The van der Waals surface area contributed by atoms with Gasteiger partial charge in [-0.3, -0.25) is 0 Å². The maximum atomic E-state index is 9.60. The third-order valence-corrected chi connectivity index (χ3v) is 3.26. The molecule has 21 heavy (non-hydrogen) atoms. The molecule has 0 unspecified atom stereocenters. The number of hydrogen-bond donors (Lipinski definition) is 2. The maximum absolute atomic E-state index is 9.60. The molecule has 0 amide bonds. The number of nitrogens with zero attached hydrogens (tertiary/aromatic N) is 2. The average Bonchev–Trinajstić information content (AvgIpc) is 2.91. The van der Waals surface area contributed by atoms with Crippen molar-refractivity contribution in [2.45, 2.75) is 20.0 Å².